The number of hydrogen-bond acceptors (Lipinski definition) is 3. The van der Waals surface area contributed by atoms with E-state index in [1.54, 1.807) is 6.07 Å². The number of rotatable bonds is 3. The molecule has 2 heterocycles. The molecule has 1 saturated heterocycles. The summed E-state index contributed by atoms with van der Waals surface area (Å²) in [5.41, 5.74) is 8.02. The minimum atomic E-state index is -0.382. The Hall–Kier alpha value is -2.36. The average molecular weight is 267 g/mol. The van der Waals surface area contributed by atoms with Crippen molar-refractivity contribution in [3.63, 3.8) is 0 Å². The minimum absolute atomic E-state index is 0.219. The number of nitrogens with two attached hydrogens (primary N) is 1. The van der Waals surface area contributed by atoms with Crippen LogP contribution in [0.15, 0.2) is 48.7 Å². The van der Waals surface area contributed by atoms with Crippen LogP contribution in [0.25, 0.3) is 0 Å². The summed E-state index contributed by atoms with van der Waals surface area (Å²) >= 11 is 0. The van der Waals surface area contributed by atoms with Crippen molar-refractivity contribution in [2.24, 2.45) is 5.73 Å². The van der Waals surface area contributed by atoms with Gasteiger partial charge in [-0.25, -0.2) is 0 Å². The molecule has 2 N–H and O–H groups in total. The van der Waals surface area contributed by atoms with Crippen molar-refractivity contribution in [3.8, 4) is 0 Å². The van der Waals surface area contributed by atoms with Gasteiger partial charge in [0.1, 0.15) is 0 Å². The Balaban J connectivity index is 1.99. The third-order valence-electron chi connectivity index (χ3n) is 3.76. The number of amides is 1. The standard InChI is InChI=1S/C16H17N3O/c17-16(20)12-6-1-2-8-14(12)19-11-5-9-15(19)13-7-3-4-10-18-13/h1-4,6-8,10,15H,5,9,11H2,(H2,17,20). The molecular formula is C16H17N3O. The number of nitrogens with zero attached hydrogens (tertiary/aromatic N) is 2. The highest BCUT2D eigenvalue weighted by atomic mass is 16.1. The highest BCUT2D eigenvalue weighted by molar-refractivity contribution is 5.98. The lowest BCUT2D eigenvalue weighted by molar-refractivity contribution is 0.100. The van der Waals surface area contributed by atoms with Gasteiger partial charge < -0.3 is 10.6 Å². The molecule has 1 aromatic carbocycles. The predicted molar refractivity (Wildman–Crippen MR) is 78.5 cm³/mol. The maximum absolute atomic E-state index is 11.6. The number of aromatic nitrogens is 1. The van der Waals surface area contributed by atoms with E-state index in [9.17, 15) is 4.79 Å². The number of carbonyl (C=O) groups is 1. The summed E-state index contributed by atoms with van der Waals surface area (Å²) < 4.78 is 0. The second-order valence-corrected chi connectivity index (χ2v) is 4.99. The molecule has 1 fully saturated rings. The zero-order valence-electron chi connectivity index (χ0n) is 11.2. The Morgan fingerprint density at radius 3 is 2.75 bits per heavy atom. The smallest absolute Gasteiger partial charge is 0.250 e. The third-order valence-corrected chi connectivity index (χ3v) is 3.76. The van der Waals surface area contributed by atoms with Crippen LogP contribution in [0.2, 0.25) is 0 Å². The molecule has 102 valence electrons. The molecule has 1 atom stereocenters. The van der Waals surface area contributed by atoms with Gasteiger partial charge in [0.2, 0.25) is 0 Å². The van der Waals surface area contributed by atoms with Crippen LogP contribution < -0.4 is 10.6 Å². The van der Waals surface area contributed by atoms with Gasteiger partial charge in [0, 0.05) is 12.7 Å². The first kappa shape index (κ1) is 12.7. The summed E-state index contributed by atoms with van der Waals surface area (Å²) in [6.07, 6.45) is 3.95. The topological polar surface area (TPSA) is 59.2 Å². The number of hydrogen-bond donors (Lipinski definition) is 1. The van der Waals surface area contributed by atoms with E-state index in [0.29, 0.717) is 5.56 Å². The molecule has 3 rings (SSSR count). The summed E-state index contributed by atoms with van der Waals surface area (Å²) in [6.45, 7) is 0.922. The van der Waals surface area contributed by atoms with E-state index in [1.807, 2.05) is 42.6 Å². The fourth-order valence-corrected chi connectivity index (χ4v) is 2.87. The largest absolute Gasteiger partial charge is 0.366 e. The molecule has 1 unspecified atom stereocenters. The highest BCUT2D eigenvalue weighted by Gasteiger charge is 2.29. The van der Waals surface area contributed by atoms with E-state index in [4.69, 9.17) is 5.73 Å². The van der Waals surface area contributed by atoms with Gasteiger partial charge in [-0.2, -0.15) is 0 Å². The van der Waals surface area contributed by atoms with Crippen LogP contribution in [-0.2, 0) is 0 Å². The molecule has 2 aromatic rings. The van der Waals surface area contributed by atoms with E-state index in [1.165, 1.54) is 0 Å². The first-order chi connectivity index (χ1) is 9.77. The van der Waals surface area contributed by atoms with Crippen LogP contribution in [0.5, 0.6) is 0 Å². The van der Waals surface area contributed by atoms with Gasteiger partial charge >= 0.3 is 0 Å². The number of primary amides is 1. The first-order valence-electron chi connectivity index (χ1n) is 6.84. The molecule has 0 spiro atoms. The number of para-hydroxylation sites is 1. The zero-order valence-corrected chi connectivity index (χ0v) is 11.2. The monoisotopic (exact) mass is 267 g/mol. The molecule has 0 aliphatic carbocycles. The zero-order chi connectivity index (χ0) is 13.9. The van der Waals surface area contributed by atoms with Gasteiger partial charge in [-0.15, -0.1) is 0 Å². The fraction of sp³-hybridized carbons (Fsp3) is 0.250. The summed E-state index contributed by atoms with van der Waals surface area (Å²) in [7, 11) is 0. The van der Waals surface area contributed by atoms with E-state index in [-0.39, 0.29) is 11.9 Å². The molecule has 4 nitrogen and oxygen atoms in total. The lowest BCUT2D eigenvalue weighted by Gasteiger charge is -2.27. The van der Waals surface area contributed by atoms with Gasteiger partial charge in [-0.3, -0.25) is 9.78 Å². The predicted octanol–water partition coefficient (Wildman–Crippen LogP) is 2.52. The average Bonchev–Trinajstić information content (AvgIpc) is 2.97. The normalized spacial score (nSPS) is 18.2. The fourth-order valence-electron chi connectivity index (χ4n) is 2.87. The van der Waals surface area contributed by atoms with Crippen molar-refractivity contribution in [2.45, 2.75) is 18.9 Å². The Labute approximate surface area is 118 Å². The van der Waals surface area contributed by atoms with Crippen LogP contribution in [0.1, 0.15) is 34.9 Å². The van der Waals surface area contributed by atoms with Crippen molar-refractivity contribution in [1.29, 1.82) is 0 Å². The van der Waals surface area contributed by atoms with Gasteiger partial charge in [0.05, 0.1) is 23.0 Å². The molecule has 0 radical (unpaired) electrons. The molecule has 1 aliphatic rings. The molecule has 20 heavy (non-hydrogen) atoms. The van der Waals surface area contributed by atoms with Crippen molar-refractivity contribution in [2.75, 3.05) is 11.4 Å². The van der Waals surface area contributed by atoms with E-state index in [0.717, 1.165) is 30.8 Å². The third kappa shape index (κ3) is 2.25. The number of anilines is 1. The minimum Gasteiger partial charge on any atom is -0.366 e. The molecular weight excluding hydrogens is 250 g/mol. The molecule has 1 amide bonds. The number of benzene rings is 1. The van der Waals surface area contributed by atoms with Crippen LogP contribution in [-0.4, -0.2) is 17.4 Å². The van der Waals surface area contributed by atoms with E-state index >= 15 is 0 Å². The summed E-state index contributed by atoms with van der Waals surface area (Å²) in [6, 6.07) is 13.7. The van der Waals surface area contributed by atoms with Crippen LogP contribution in [0, 0.1) is 0 Å². The Morgan fingerprint density at radius 2 is 2.00 bits per heavy atom. The van der Waals surface area contributed by atoms with Gasteiger partial charge in [-0.05, 0) is 37.1 Å². The molecule has 1 aliphatic heterocycles. The van der Waals surface area contributed by atoms with Crippen LogP contribution in [0.3, 0.4) is 0 Å². The Bertz CT molecular complexity index is 612. The molecule has 0 bridgehead atoms. The van der Waals surface area contributed by atoms with Gasteiger partial charge in [0.25, 0.3) is 5.91 Å². The van der Waals surface area contributed by atoms with Crippen molar-refractivity contribution in [3.05, 3.63) is 59.9 Å². The quantitative estimate of drug-likeness (QED) is 0.929. The maximum atomic E-state index is 11.6. The number of carbonyl (C=O) groups excluding carboxylic acids is 1. The van der Waals surface area contributed by atoms with Crippen LogP contribution in [0.4, 0.5) is 5.69 Å². The first-order valence-corrected chi connectivity index (χ1v) is 6.84. The maximum Gasteiger partial charge on any atom is 0.250 e. The van der Waals surface area contributed by atoms with Crippen molar-refractivity contribution in [1.82, 2.24) is 4.98 Å². The summed E-state index contributed by atoms with van der Waals surface area (Å²) in [4.78, 5) is 18.3. The van der Waals surface area contributed by atoms with Crippen molar-refractivity contribution >= 4 is 11.6 Å². The Kier molecular flexibility index (Phi) is 3.37. The lowest BCUT2D eigenvalue weighted by atomic mass is 10.1. The van der Waals surface area contributed by atoms with Gasteiger partial charge in [0.15, 0.2) is 0 Å². The summed E-state index contributed by atoms with van der Waals surface area (Å²) in [5, 5.41) is 0. The summed E-state index contributed by atoms with van der Waals surface area (Å²) in [5.74, 6) is -0.382. The Morgan fingerprint density at radius 1 is 1.20 bits per heavy atom. The SMILES string of the molecule is NC(=O)c1ccccc1N1CCCC1c1ccccn1. The molecule has 0 saturated carbocycles. The number of pyridine rings is 1. The van der Waals surface area contributed by atoms with E-state index in [2.05, 4.69) is 9.88 Å². The molecule has 4 heteroatoms. The van der Waals surface area contributed by atoms with Crippen LogP contribution >= 0.6 is 0 Å². The van der Waals surface area contributed by atoms with Crippen molar-refractivity contribution < 1.29 is 4.79 Å². The molecule has 1 aromatic heterocycles. The second kappa shape index (κ2) is 5.33. The van der Waals surface area contributed by atoms with E-state index < -0.39 is 0 Å². The second-order valence-electron chi connectivity index (χ2n) is 4.99. The lowest BCUT2D eigenvalue weighted by Crippen LogP contribution is -2.26. The highest BCUT2D eigenvalue weighted by Crippen LogP contribution is 2.36. The van der Waals surface area contributed by atoms with Gasteiger partial charge in [-0.1, -0.05) is 18.2 Å².